The summed E-state index contributed by atoms with van der Waals surface area (Å²) in [6.07, 6.45) is 0. The highest BCUT2D eigenvalue weighted by Crippen LogP contribution is 2.46. The minimum Gasteiger partial charge on any atom is -0.465 e. The summed E-state index contributed by atoms with van der Waals surface area (Å²) in [6, 6.07) is 29.9. The Morgan fingerprint density at radius 2 is 1.28 bits per heavy atom. The van der Waals surface area contributed by atoms with Crippen LogP contribution in [0.4, 0.5) is 0 Å². The third-order valence-corrected chi connectivity index (χ3v) is 6.58. The molecule has 6 nitrogen and oxygen atoms in total. The fourth-order valence-electron chi connectivity index (χ4n) is 4.68. The first-order valence-corrected chi connectivity index (χ1v) is 12.1. The van der Waals surface area contributed by atoms with Gasteiger partial charge in [0.05, 0.1) is 12.7 Å². The van der Waals surface area contributed by atoms with Crippen LogP contribution < -0.4 is 0 Å². The minimum atomic E-state index is -0.583. The second-order valence-corrected chi connectivity index (χ2v) is 9.13. The average Bonchev–Trinajstić information content (AvgIpc) is 3.31. The lowest BCUT2D eigenvalue weighted by Crippen LogP contribution is -2.00. The van der Waals surface area contributed by atoms with E-state index >= 15 is 0 Å². The molecule has 0 fully saturated rings. The van der Waals surface area contributed by atoms with Crippen LogP contribution in [0.3, 0.4) is 0 Å². The van der Waals surface area contributed by atoms with Gasteiger partial charge in [-0.1, -0.05) is 68.4 Å². The van der Waals surface area contributed by atoms with Gasteiger partial charge in [0.1, 0.15) is 35.4 Å². The molecule has 186 valence electrons. The molecule has 0 heterocycles. The average molecular weight is 507 g/mol. The molecule has 0 atom stereocenters. The number of allylic oxidation sites excluding steroid dienone is 4. The van der Waals surface area contributed by atoms with E-state index in [1.807, 2.05) is 98.8 Å². The summed E-state index contributed by atoms with van der Waals surface area (Å²) >= 11 is 0. The number of esters is 1. The van der Waals surface area contributed by atoms with Crippen molar-refractivity contribution in [2.24, 2.45) is 0 Å². The van der Waals surface area contributed by atoms with Crippen LogP contribution in [0.2, 0.25) is 0 Å². The molecule has 0 spiro atoms. The Morgan fingerprint density at radius 1 is 0.692 bits per heavy atom. The summed E-state index contributed by atoms with van der Waals surface area (Å²) in [7, 11) is 1.28. The Bertz CT molecular complexity index is 1720. The van der Waals surface area contributed by atoms with E-state index in [0.29, 0.717) is 22.3 Å². The van der Waals surface area contributed by atoms with E-state index in [2.05, 4.69) is 0 Å². The maximum absolute atomic E-state index is 12.9. The smallest absolute Gasteiger partial charge is 0.338 e. The molecule has 6 heteroatoms. The first-order chi connectivity index (χ1) is 18.9. The second-order valence-electron chi connectivity index (χ2n) is 9.13. The molecule has 4 rings (SSSR count). The molecule has 0 radical (unpaired) electrons. The number of nitriles is 4. The van der Waals surface area contributed by atoms with Crippen molar-refractivity contribution in [3.05, 3.63) is 106 Å². The molecule has 0 aliphatic heterocycles. The largest absolute Gasteiger partial charge is 0.465 e. The van der Waals surface area contributed by atoms with E-state index in [4.69, 9.17) is 4.74 Å². The number of carbonyl (C=O) groups is 1. The molecular formula is C33H22N4O2. The van der Waals surface area contributed by atoms with E-state index in [9.17, 15) is 25.8 Å². The molecule has 4 aliphatic carbocycles. The molecule has 0 bridgehead atoms. The van der Waals surface area contributed by atoms with Crippen LogP contribution in [-0.2, 0) is 4.74 Å². The van der Waals surface area contributed by atoms with Crippen molar-refractivity contribution in [2.75, 3.05) is 7.11 Å². The molecule has 0 aromatic heterocycles. The first kappa shape index (κ1) is 26.4. The summed E-state index contributed by atoms with van der Waals surface area (Å²) in [4.78, 5) is 12.9. The number of carbonyl (C=O) groups excluding carboxylic acids is 1. The highest BCUT2D eigenvalue weighted by Gasteiger charge is 2.29. The highest BCUT2D eigenvalue weighted by atomic mass is 16.5. The molecule has 0 unspecified atom stereocenters. The van der Waals surface area contributed by atoms with Gasteiger partial charge in [0, 0.05) is 11.1 Å². The molecule has 0 aromatic rings. The minimum absolute atomic E-state index is 0.107. The SMILES string of the molecule is COC(=O)c1cc(C(=C(C#N)C#N)C(=C(C#N)C#N)c2cc3cccccc-3c2)c2cccc(C(C)C)cc1-2. The van der Waals surface area contributed by atoms with Crippen molar-refractivity contribution in [3.63, 3.8) is 0 Å². The van der Waals surface area contributed by atoms with Crippen LogP contribution >= 0.6 is 0 Å². The van der Waals surface area contributed by atoms with Gasteiger partial charge >= 0.3 is 5.97 Å². The summed E-state index contributed by atoms with van der Waals surface area (Å²) in [6.45, 7) is 4.06. The Hall–Kier alpha value is -5.69. The first-order valence-electron chi connectivity index (χ1n) is 12.1. The van der Waals surface area contributed by atoms with Crippen LogP contribution in [0.15, 0.2) is 83.9 Å². The van der Waals surface area contributed by atoms with E-state index < -0.39 is 5.97 Å². The Kier molecular flexibility index (Phi) is 7.54. The molecule has 0 saturated heterocycles. The van der Waals surface area contributed by atoms with Gasteiger partial charge < -0.3 is 4.74 Å². The lowest BCUT2D eigenvalue weighted by atomic mass is 9.86. The van der Waals surface area contributed by atoms with Gasteiger partial charge in [-0.2, -0.15) is 21.0 Å². The van der Waals surface area contributed by atoms with Gasteiger partial charge in [0.25, 0.3) is 0 Å². The molecule has 0 saturated carbocycles. The Balaban J connectivity index is 2.17. The Morgan fingerprint density at radius 3 is 1.82 bits per heavy atom. The molecule has 0 aromatic carbocycles. The van der Waals surface area contributed by atoms with Crippen molar-refractivity contribution in [2.45, 2.75) is 19.8 Å². The van der Waals surface area contributed by atoms with E-state index in [-0.39, 0.29) is 33.8 Å². The van der Waals surface area contributed by atoms with Crippen LogP contribution in [-0.4, -0.2) is 13.1 Å². The van der Waals surface area contributed by atoms with E-state index in [0.717, 1.165) is 16.7 Å². The second kappa shape index (κ2) is 11.1. The van der Waals surface area contributed by atoms with Crippen molar-refractivity contribution in [1.82, 2.24) is 0 Å². The number of rotatable bonds is 5. The summed E-state index contributed by atoms with van der Waals surface area (Å²) in [5.41, 5.74) is 4.68. The quantitative estimate of drug-likeness (QED) is 0.161. The standard InChI is InChI=1S/C33H22N4O2/c1-20(2)21-10-7-11-27-28(14-21)30(33(38)39-3)15-29(27)32(26(18-36)19-37)31(25(16-34)17-35)24-12-22-8-5-4-6-9-23(22)13-24/h4-15,20H,1-3H3. The van der Waals surface area contributed by atoms with Gasteiger partial charge in [-0.05, 0) is 63.1 Å². The lowest BCUT2D eigenvalue weighted by molar-refractivity contribution is 0.0602. The summed E-state index contributed by atoms with van der Waals surface area (Å²) in [5, 5.41) is 40.1. The monoisotopic (exact) mass is 506 g/mol. The molecule has 0 N–H and O–H groups in total. The maximum atomic E-state index is 12.9. The topological polar surface area (TPSA) is 121 Å². The van der Waals surface area contributed by atoms with Crippen molar-refractivity contribution in [3.8, 4) is 46.5 Å². The zero-order valence-electron chi connectivity index (χ0n) is 21.6. The fraction of sp³-hybridized carbons (Fsp3) is 0.121. The number of hydrogen-bond acceptors (Lipinski definition) is 6. The van der Waals surface area contributed by atoms with Crippen LogP contribution in [0.1, 0.15) is 46.8 Å². The van der Waals surface area contributed by atoms with Gasteiger partial charge in [-0.3, -0.25) is 0 Å². The van der Waals surface area contributed by atoms with Gasteiger partial charge in [0.15, 0.2) is 0 Å². The summed E-state index contributed by atoms with van der Waals surface area (Å²) < 4.78 is 5.06. The number of ether oxygens (including phenoxy) is 1. The van der Waals surface area contributed by atoms with Gasteiger partial charge in [0.2, 0.25) is 0 Å². The van der Waals surface area contributed by atoms with Gasteiger partial charge in [-0.25, -0.2) is 4.79 Å². The van der Waals surface area contributed by atoms with Crippen LogP contribution in [0.25, 0.3) is 33.4 Å². The van der Waals surface area contributed by atoms with Crippen molar-refractivity contribution >= 4 is 17.1 Å². The lowest BCUT2D eigenvalue weighted by Gasteiger charge is -2.13. The number of fused-ring (bicyclic) bond motifs is 2. The van der Waals surface area contributed by atoms with Crippen LogP contribution in [0.5, 0.6) is 0 Å². The molecule has 4 aliphatic rings. The molecule has 0 amide bonds. The number of methoxy groups -OCH3 is 1. The molecule has 39 heavy (non-hydrogen) atoms. The summed E-state index contributed by atoms with van der Waals surface area (Å²) in [5.74, 6) is -0.426. The third kappa shape index (κ3) is 4.84. The fourth-order valence-corrected chi connectivity index (χ4v) is 4.68. The zero-order chi connectivity index (χ0) is 28.1. The van der Waals surface area contributed by atoms with Crippen LogP contribution in [0, 0.1) is 45.3 Å². The van der Waals surface area contributed by atoms with E-state index in [1.165, 1.54) is 7.11 Å². The molecular weight excluding hydrogens is 484 g/mol. The van der Waals surface area contributed by atoms with Gasteiger partial charge in [-0.15, -0.1) is 0 Å². The third-order valence-electron chi connectivity index (χ3n) is 6.58. The normalized spacial score (nSPS) is 10.2. The maximum Gasteiger partial charge on any atom is 0.338 e. The predicted octanol–water partition coefficient (Wildman–Crippen LogP) is 7.11. The zero-order valence-corrected chi connectivity index (χ0v) is 21.6. The highest BCUT2D eigenvalue weighted by molar-refractivity contribution is 6.16. The number of hydrogen-bond donors (Lipinski definition) is 0. The van der Waals surface area contributed by atoms with E-state index in [1.54, 1.807) is 12.1 Å². The number of nitrogens with zero attached hydrogens (tertiary/aromatic N) is 4. The van der Waals surface area contributed by atoms with Crippen molar-refractivity contribution < 1.29 is 9.53 Å². The van der Waals surface area contributed by atoms with Crippen molar-refractivity contribution in [1.29, 1.82) is 21.0 Å². The predicted molar refractivity (Wildman–Crippen MR) is 148 cm³/mol. The Labute approximate surface area is 227 Å².